The molecule has 0 aliphatic heterocycles. The lowest BCUT2D eigenvalue weighted by Gasteiger charge is -2.21. The molecule has 154 valence electrons. The smallest absolute Gasteiger partial charge is 0.262 e. The first-order valence-electron chi connectivity index (χ1n) is 8.56. The normalized spacial score (nSPS) is 13.0. The number of nitrogens with one attached hydrogen (secondary N) is 1. The van der Waals surface area contributed by atoms with E-state index in [2.05, 4.69) is 4.72 Å². The van der Waals surface area contributed by atoms with Gasteiger partial charge in [-0.25, -0.2) is 21.1 Å². The largest absolute Gasteiger partial charge is 0.506 e. The molecule has 0 aliphatic rings. The monoisotopic (exact) mass is 426 g/mol. The second-order valence-corrected chi connectivity index (χ2v) is 11.6. The SMILES string of the molecule is Cc1ccc(C(C)(C)C)cc1S(=O)(=O)Nc1cc(S(=O)(=O)N(C)C)ccc1O. The van der Waals surface area contributed by atoms with E-state index in [4.69, 9.17) is 0 Å². The molecule has 0 saturated carbocycles. The molecule has 0 fully saturated rings. The van der Waals surface area contributed by atoms with Gasteiger partial charge < -0.3 is 5.11 Å². The number of benzene rings is 2. The van der Waals surface area contributed by atoms with Crippen molar-refractivity contribution in [3.05, 3.63) is 47.5 Å². The van der Waals surface area contributed by atoms with Crippen LogP contribution in [0.1, 0.15) is 31.9 Å². The Morgan fingerprint density at radius 3 is 2.11 bits per heavy atom. The number of hydrogen-bond acceptors (Lipinski definition) is 5. The van der Waals surface area contributed by atoms with E-state index in [9.17, 15) is 21.9 Å². The van der Waals surface area contributed by atoms with Crippen molar-refractivity contribution in [3.63, 3.8) is 0 Å². The van der Waals surface area contributed by atoms with Crippen molar-refractivity contribution in [3.8, 4) is 5.75 Å². The number of anilines is 1. The third kappa shape index (κ3) is 4.48. The molecule has 0 radical (unpaired) electrons. The molecule has 2 aromatic carbocycles. The molecular weight excluding hydrogens is 400 g/mol. The maximum Gasteiger partial charge on any atom is 0.262 e. The fraction of sp³-hybridized carbons (Fsp3) is 0.368. The van der Waals surface area contributed by atoms with Gasteiger partial charge in [0.25, 0.3) is 10.0 Å². The van der Waals surface area contributed by atoms with Crippen molar-refractivity contribution in [1.82, 2.24) is 4.31 Å². The molecule has 9 heteroatoms. The Kier molecular flexibility index (Phi) is 5.85. The quantitative estimate of drug-likeness (QED) is 0.715. The van der Waals surface area contributed by atoms with E-state index in [1.54, 1.807) is 19.1 Å². The van der Waals surface area contributed by atoms with E-state index in [0.29, 0.717) is 5.56 Å². The lowest BCUT2D eigenvalue weighted by molar-refractivity contribution is 0.476. The van der Waals surface area contributed by atoms with Gasteiger partial charge >= 0.3 is 0 Å². The number of sulfonamides is 2. The van der Waals surface area contributed by atoms with Crippen molar-refractivity contribution < 1.29 is 21.9 Å². The van der Waals surface area contributed by atoms with E-state index in [1.807, 2.05) is 26.8 Å². The Morgan fingerprint density at radius 2 is 1.57 bits per heavy atom. The number of aryl methyl sites for hydroxylation is 1. The number of phenols is 1. The predicted molar refractivity (Wildman–Crippen MR) is 110 cm³/mol. The lowest BCUT2D eigenvalue weighted by atomic mass is 9.87. The van der Waals surface area contributed by atoms with Crippen LogP contribution in [-0.4, -0.2) is 40.3 Å². The molecule has 0 bridgehead atoms. The number of phenolic OH excluding ortho intramolecular Hbond substituents is 1. The Labute approximate surface area is 167 Å². The van der Waals surface area contributed by atoms with Gasteiger partial charge in [-0.3, -0.25) is 4.72 Å². The number of rotatable bonds is 5. The second kappa shape index (κ2) is 7.38. The Morgan fingerprint density at radius 1 is 0.964 bits per heavy atom. The van der Waals surface area contributed by atoms with E-state index in [-0.39, 0.29) is 26.6 Å². The molecule has 0 spiro atoms. The summed E-state index contributed by atoms with van der Waals surface area (Å²) in [5.74, 6) is -0.370. The summed E-state index contributed by atoms with van der Waals surface area (Å²) in [6, 6.07) is 8.65. The molecule has 0 amide bonds. The van der Waals surface area contributed by atoms with E-state index >= 15 is 0 Å². The minimum absolute atomic E-state index is 0.0696. The van der Waals surface area contributed by atoms with Crippen molar-refractivity contribution in [2.24, 2.45) is 0 Å². The first-order valence-corrected chi connectivity index (χ1v) is 11.5. The van der Waals surface area contributed by atoms with E-state index in [0.717, 1.165) is 22.0 Å². The molecular formula is C19H26N2O5S2. The van der Waals surface area contributed by atoms with Crippen molar-refractivity contribution in [2.75, 3.05) is 18.8 Å². The minimum Gasteiger partial charge on any atom is -0.506 e. The van der Waals surface area contributed by atoms with Crippen molar-refractivity contribution in [2.45, 2.75) is 42.9 Å². The standard InChI is InChI=1S/C19H26N2O5S2/c1-13-7-8-14(19(2,3)4)11-18(13)27(23,24)20-16-12-15(9-10-17(16)22)28(25,26)21(5)6/h7-12,20,22H,1-6H3. The molecule has 2 rings (SSSR count). The lowest BCUT2D eigenvalue weighted by Crippen LogP contribution is -2.22. The molecule has 2 N–H and O–H groups in total. The van der Waals surface area contributed by atoms with Crippen LogP contribution in [-0.2, 0) is 25.5 Å². The highest BCUT2D eigenvalue weighted by Gasteiger charge is 2.24. The third-order valence-corrected chi connectivity index (χ3v) is 7.65. The van der Waals surface area contributed by atoms with E-state index < -0.39 is 20.0 Å². The van der Waals surface area contributed by atoms with Crippen LogP contribution in [0.15, 0.2) is 46.2 Å². The van der Waals surface area contributed by atoms with Crippen LogP contribution in [0.2, 0.25) is 0 Å². The maximum atomic E-state index is 13.0. The fourth-order valence-corrected chi connectivity index (χ4v) is 4.79. The Hall–Kier alpha value is -2.10. The van der Waals surface area contributed by atoms with Gasteiger partial charge in [-0.15, -0.1) is 0 Å². The summed E-state index contributed by atoms with van der Waals surface area (Å²) in [7, 11) is -5.10. The van der Waals surface area contributed by atoms with Crippen LogP contribution in [0, 0.1) is 6.92 Å². The summed E-state index contributed by atoms with van der Waals surface area (Å²) < 4.78 is 53.9. The van der Waals surface area contributed by atoms with Crippen LogP contribution >= 0.6 is 0 Å². The number of hydrogen-bond donors (Lipinski definition) is 2. The third-order valence-electron chi connectivity index (χ3n) is 4.33. The molecule has 0 aliphatic carbocycles. The molecule has 0 saturated heterocycles. The van der Waals surface area contributed by atoms with Crippen LogP contribution in [0.25, 0.3) is 0 Å². The Bertz CT molecular complexity index is 1100. The van der Waals surface area contributed by atoms with Gasteiger partial charge in [-0.05, 0) is 47.7 Å². The average molecular weight is 427 g/mol. The van der Waals surface area contributed by atoms with Crippen LogP contribution < -0.4 is 4.72 Å². The molecule has 7 nitrogen and oxygen atoms in total. The van der Waals surface area contributed by atoms with Gasteiger partial charge in [0.1, 0.15) is 5.75 Å². The van der Waals surface area contributed by atoms with E-state index in [1.165, 1.54) is 20.2 Å². The summed E-state index contributed by atoms with van der Waals surface area (Å²) >= 11 is 0. The zero-order valence-electron chi connectivity index (χ0n) is 16.8. The van der Waals surface area contributed by atoms with Gasteiger partial charge in [0.05, 0.1) is 15.5 Å². The Balaban J connectivity index is 2.54. The predicted octanol–water partition coefficient (Wildman–Crippen LogP) is 3.05. The molecule has 0 unspecified atom stereocenters. The number of nitrogens with zero attached hydrogens (tertiary/aromatic N) is 1. The summed E-state index contributed by atoms with van der Waals surface area (Å²) in [6.45, 7) is 7.60. The molecule has 0 atom stereocenters. The number of aromatic hydroxyl groups is 1. The summed E-state index contributed by atoms with van der Waals surface area (Å²) in [5, 5.41) is 10.1. The molecule has 2 aromatic rings. The van der Waals surface area contributed by atoms with Gasteiger partial charge in [0, 0.05) is 14.1 Å². The highest BCUT2D eigenvalue weighted by molar-refractivity contribution is 7.92. The van der Waals surface area contributed by atoms with Crippen LogP contribution in [0.3, 0.4) is 0 Å². The molecule has 28 heavy (non-hydrogen) atoms. The summed E-state index contributed by atoms with van der Waals surface area (Å²) in [4.78, 5) is -0.0617. The topological polar surface area (TPSA) is 104 Å². The highest BCUT2D eigenvalue weighted by Crippen LogP contribution is 2.32. The van der Waals surface area contributed by atoms with Gasteiger partial charge in [0.15, 0.2) is 0 Å². The van der Waals surface area contributed by atoms with Crippen LogP contribution in [0.4, 0.5) is 5.69 Å². The fourth-order valence-electron chi connectivity index (χ4n) is 2.52. The minimum atomic E-state index is -4.05. The molecule has 0 aromatic heterocycles. The van der Waals surface area contributed by atoms with Gasteiger partial charge in [-0.1, -0.05) is 32.9 Å². The zero-order chi connectivity index (χ0) is 21.5. The summed E-state index contributed by atoms with van der Waals surface area (Å²) in [5.41, 5.74) is 0.923. The summed E-state index contributed by atoms with van der Waals surface area (Å²) in [6.07, 6.45) is 0. The first kappa shape index (κ1) is 22.2. The second-order valence-electron chi connectivity index (χ2n) is 7.80. The molecule has 0 heterocycles. The van der Waals surface area contributed by atoms with Crippen molar-refractivity contribution in [1.29, 1.82) is 0 Å². The van der Waals surface area contributed by atoms with Gasteiger partial charge in [-0.2, -0.15) is 0 Å². The average Bonchev–Trinajstić information content (AvgIpc) is 2.55. The van der Waals surface area contributed by atoms with Crippen molar-refractivity contribution >= 4 is 25.7 Å². The maximum absolute atomic E-state index is 13.0. The highest BCUT2D eigenvalue weighted by atomic mass is 32.2. The van der Waals surface area contributed by atoms with Gasteiger partial charge in [0.2, 0.25) is 10.0 Å². The van der Waals surface area contributed by atoms with Crippen LogP contribution in [0.5, 0.6) is 5.75 Å². The zero-order valence-corrected chi connectivity index (χ0v) is 18.4. The first-order chi connectivity index (χ1) is 12.7.